The van der Waals surface area contributed by atoms with Gasteiger partial charge in [0.15, 0.2) is 5.65 Å². The molecule has 0 aliphatic carbocycles. The summed E-state index contributed by atoms with van der Waals surface area (Å²) in [4.78, 5) is 22.6. The Hall–Kier alpha value is -2.22. The van der Waals surface area contributed by atoms with Crippen molar-refractivity contribution in [1.29, 1.82) is 0 Å². The zero-order valence-corrected chi connectivity index (χ0v) is 12.7. The van der Waals surface area contributed by atoms with Crippen LogP contribution in [0, 0.1) is 6.92 Å². The quantitative estimate of drug-likeness (QED) is 0.783. The minimum absolute atomic E-state index is 0.0448. The lowest BCUT2D eigenvalue weighted by Crippen LogP contribution is -2.53. The number of nitrogens with zero attached hydrogens (tertiary/aromatic N) is 5. The summed E-state index contributed by atoms with van der Waals surface area (Å²) in [6.45, 7) is 4.14. The minimum atomic E-state index is -0.304. The van der Waals surface area contributed by atoms with Crippen LogP contribution in [0.1, 0.15) is 12.2 Å². The van der Waals surface area contributed by atoms with Gasteiger partial charge in [-0.05, 0) is 13.3 Å². The zero-order chi connectivity index (χ0) is 15.3. The molecule has 1 atom stereocenters. The van der Waals surface area contributed by atoms with E-state index >= 15 is 0 Å². The topological polar surface area (TPSA) is 85.2 Å². The average molecular weight is 302 g/mol. The summed E-state index contributed by atoms with van der Waals surface area (Å²) in [7, 11) is 1.88. The number of hydrogen-bond donors (Lipinski definition) is 1. The second-order valence-corrected chi connectivity index (χ2v) is 6.02. The molecule has 2 aliphatic rings. The number of amides is 1. The normalized spacial score (nSPS) is 25.2. The molecule has 2 aromatic rings. The Bertz CT molecular complexity index is 745. The maximum absolute atomic E-state index is 11.3. The molecule has 22 heavy (non-hydrogen) atoms. The van der Waals surface area contributed by atoms with Crippen molar-refractivity contribution < 1.29 is 9.53 Å². The SMILES string of the molecule is Cc1nc(N2CCC3(CNC(=O)CO3)C2)c2cnn(C)c2n1. The van der Waals surface area contributed by atoms with Crippen LogP contribution in [0.3, 0.4) is 0 Å². The van der Waals surface area contributed by atoms with E-state index in [0.717, 1.165) is 35.6 Å². The summed E-state index contributed by atoms with van der Waals surface area (Å²) in [6, 6.07) is 0. The molecule has 2 aliphatic heterocycles. The van der Waals surface area contributed by atoms with Crippen molar-refractivity contribution in [2.75, 3.05) is 31.1 Å². The molecule has 0 aromatic carbocycles. The molecule has 2 saturated heterocycles. The van der Waals surface area contributed by atoms with Gasteiger partial charge in [0.05, 0.1) is 18.1 Å². The molecule has 0 bridgehead atoms. The van der Waals surface area contributed by atoms with Gasteiger partial charge in [-0.1, -0.05) is 0 Å². The number of ether oxygens (including phenoxy) is 1. The maximum Gasteiger partial charge on any atom is 0.246 e. The van der Waals surface area contributed by atoms with E-state index in [1.807, 2.05) is 14.0 Å². The van der Waals surface area contributed by atoms with E-state index < -0.39 is 0 Å². The number of aryl methyl sites for hydroxylation is 2. The molecule has 2 fully saturated rings. The first kappa shape index (κ1) is 13.4. The van der Waals surface area contributed by atoms with Crippen LogP contribution in [-0.2, 0) is 16.6 Å². The number of morpholine rings is 1. The molecule has 4 heterocycles. The van der Waals surface area contributed by atoms with Crippen LogP contribution < -0.4 is 10.2 Å². The van der Waals surface area contributed by atoms with Gasteiger partial charge >= 0.3 is 0 Å². The third-order valence-electron chi connectivity index (χ3n) is 4.42. The number of rotatable bonds is 1. The van der Waals surface area contributed by atoms with E-state index in [1.54, 1.807) is 10.9 Å². The van der Waals surface area contributed by atoms with Gasteiger partial charge in [0.1, 0.15) is 23.9 Å². The van der Waals surface area contributed by atoms with Gasteiger partial charge in [-0.2, -0.15) is 5.10 Å². The Morgan fingerprint density at radius 1 is 1.41 bits per heavy atom. The van der Waals surface area contributed by atoms with Crippen LogP contribution in [0.25, 0.3) is 11.0 Å². The van der Waals surface area contributed by atoms with Gasteiger partial charge in [-0.25, -0.2) is 9.97 Å². The molecular formula is C14H18N6O2. The summed E-state index contributed by atoms with van der Waals surface area (Å²) < 4.78 is 7.58. The van der Waals surface area contributed by atoms with Gasteiger partial charge in [0, 0.05) is 20.1 Å². The van der Waals surface area contributed by atoms with Gasteiger partial charge in [0.2, 0.25) is 5.91 Å². The lowest BCUT2D eigenvalue weighted by atomic mass is 10.0. The predicted octanol–water partition coefficient (Wildman–Crippen LogP) is -0.233. The number of nitrogens with one attached hydrogen (secondary N) is 1. The maximum atomic E-state index is 11.3. The van der Waals surface area contributed by atoms with Gasteiger partial charge in [-0.15, -0.1) is 0 Å². The largest absolute Gasteiger partial charge is 0.361 e. The molecule has 0 radical (unpaired) electrons. The Morgan fingerprint density at radius 2 is 2.27 bits per heavy atom. The summed E-state index contributed by atoms with van der Waals surface area (Å²) in [5, 5.41) is 8.13. The van der Waals surface area contributed by atoms with E-state index in [4.69, 9.17) is 4.74 Å². The third kappa shape index (κ3) is 2.02. The van der Waals surface area contributed by atoms with Crippen molar-refractivity contribution in [1.82, 2.24) is 25.1 Å². The summed E-state index contributed by atoms with van der Waals surface area (Å²) >= 11 is 0. The molecule has 4 rings (SSSR count). The molecular weight excluding hydrogens is 284 g/mol. The first-order valence-corrected chi connectivity index (χ1v) is 7.38. The van der Waals surface area contributed by atoms with Gasteiger partial charge in [0.25, 0.3) is 0 Å². The third-order valence-corrected chi connectivity index (χ3v) is 4.42. The number of hydrogen-bond acceptors (Lipinski definition) is 6. The molecule has 0 saturated carbocycles. The smallest absolute Gasteiger partial charge is 0.246 e. The van der Waals surface area contributed by atoms with E-state index in [0.29, 0.717) is 13.1 Å². The monoisotopic (exact) mass is 302 g/mol. The number of carbonyl (C=O) groups is 1. The van der Waals surface area contributed by atoms with E-state index in [9.17, 15) is 4.79 Å². The molecule has 1 spiro atoms. The fourth-order valence-electron chi connectivity index (χ4n) is 3.22. The molecule has 2 aromatic heterocycles. The average Bonchev–Trinajstić information content (AvgIpc) is 3.08. The predicted molar refractivity (Wildman–Crippen MR) is 79.6 cm³/mol. The first-order valence-electron chi connectivity index (χ1n) is 7.38. The van der Waals surface area contributed by atoms with Crippen LogP contribution in [-0.4, -0.2) is 57.5 Å². The zero-order valence-electron chi connectivity index (χ0n) is 12.7. The molecule has 1 amide bonds. The van der Waals surface area contributed by atoms with Crippen LogP contribution in [0.15, 0.2) is 6.20 Å². The Morgan fingerprint density at radius 3 is 3.05 bits per heavy atom. The van der Waals surface area contributed by atoms with Gasteiger partial charge < -0.3 is 15.0 Å². The Balaban J connectivity index is 1.67. The second-order valence-electron chi connectivity index (χ2n) is 6.02. The van der Waals surface area contributed by atoms with Crippen LogP contribution in [0.5, 0.6) is 0 Å². The molecule has 1 unspecified atom stereocenters. The van der Waals surface area contributed by atoms with Crippen molar-refractivity contribution in [2.24, 2.45) is 7.05 Å². The molecule has 8 heteroatoms. The highest BCUT2D eigenvalue weighted by molar-refractivity contribution is 5.87. The first-order chi connectivity index (χ1) is 10.6. The number of fused-ring (bicyclic) bond motifs is 1. The number of carbonyl (C=O) groups excluding carboxylic acids is 1. The lowest BCUT2D eigenvalue weighted by molar-refractivity contribution is -0.141. The highest BCUT2D eigenvalue weighted by Gasteiger charge is 2.43. The Kier molecular flexibility index (Phi) is 2.83. The standard InChI is InChI=1S/C14H18N6O2/c1-9-17-12-10(5-16-19(12)2)13(18-9)20-4-3-14(8-20)7-15-11(21)6-22-14/h5H,3-4,6-8H2,1-2H3,(H,15,21). The summed E-state index contributed by atoms with van der Waals surface area (Å²) in [5.74, 6) is 1.58. The molecule has 1 N–H and O–H groups in total. The Labute approximate surface area is 127 Å². The fraction of sp³-hybridized carbons (Fsp3) is 0.571. The molecule has 8 nitrogen and oxygen atoms in total. The van der Waals surface area contributed by atoms with E-state index in [-0.39, 0.29) is 18.1 Å². The van der Waals surface area contributed by atoms with E-state index in [2.05, 4.69) is 25.3 Å². The molecule has 116 valence electrons. The number of anilines is 1. The van der Waals surface area contributed by atoms with Crippen molar-refractivity contribution in [2.45, 2.75) is 18.9 Å². The van der Waals surface area contributed by atoms with Crippen molar-refractivity contribution in [3.63, 3.8) is 0 Å². The van der Waals surface area contributed by atoms with E-state index in [1.165, 1.54) is 0 Å². The minimum Gasteiger partial charge on any atom is -0.361 e. The van der Waals surface area contributed by atoms with Crippen LogP contribution in [0.4, 0.5) is 5.82 Å². The highest BCUT2D eigenvalue weighted by Crippen LogP contribution is 2.32. The fourth-order valence-corrected chi connectivity index (χ4v) is 3.22. The van der Waals surface area contributed by atoms with Crippen LogP contribution >= 0.6 is 0 Å². The lowest BCUT2D eigenvalue weighted by Gasteiger charge is -2.33. The summed E-state index contributed by atoms with van der Waals surface area (Å²) in [6.07, 6.45) is 2.68. The van der Waals surface area contributed by atoms with Crippen molar-refractivity contribution >= 4 is 22.8 Å². The van der Waals surface area contributed by atoms with Crippen molar-refractivity contribution in [3.05, 3.63) is 12.0 Å². The highest BCUT2D eigenvalue weighted by atomic mass is 16.5. The van der Waals surface area contributed by atoms with Crippen LogP contribution in [0.2, 0.25) is 0 Å². The second kappa shape index (κ2) is 4.64. The summed E-state index contributed by atoms with van der Waals surface area (Å²) in [5.41, 5.74) is 0.530. The van der Waals surface area contributed by atoms with Crippen molar-refractivity contribution in [3.8, 4) is 0 Å². The number of aromatic nitrogens is 4. The van der Waals surface area contributed by atoms with Gasteiger partial charge in [-0.3, -0.25) is 9.48 Å².